The first-order chi connectivity index (χ1) is 16.4. The maximum absolute atomic E-state index is 15.2. The number of halogens is 4. The van der Waals surface area contributed by atoms with Crippen molar-refractivity contribution in [2.24, 2.45) is 7.05 Å². The summed E-state index contributed by atoms with van der Waals surface area (Å²) in [7, 11) is 1.66. The van der Waals surface area contributed by atoms with E-state index in [1.54, 1.807) is 20.9 Å². The van der Waals surface area contributed by atoms with Crippen molar-refractivity contribution in [2.75, 3.05) is 5.32 Å². The van der Waals surface area contributed by atoms with Crippen LogP contribution in [0.5, 0.6) is 5.75 Å². The monoisotopic (exact) mass is 496 g/mol. The van der Waals surface area contributed by atoms with Gasteiger partial charge in [-0.2, -0.15) is 23.0 Å². The molecule has 0 radical (unpaired) electrons. The topological polar surface area (TPSA) is 96.0 Å². The smallest absolute Gasteiger partial charge is 0.425 e. The summed E-state index contributed by atoms with van der Waals surface area (Å²) in [5.41, 5.74) is -0.0958. The maximum Gasteiger partial charge on any atom is 0.425 e. The number of benzene rings is 1. The van der Waals surface area contributed by atoms with Gasteiger partial charge in [0.2, 0.25) is 0 Å². The van der Waals surface area contributed by atoms with Crippen LogP contribution >= 0.6 is 0 Å². The lowest BCUT2D eigenvalue weighted by molar-refractivity contribution is -0.189. The fourth-order valence-electron chi connectivity index (χ4n) is 3.93. The van der Waals surface area contributed by atoms with Gasteiger partial charge in [-0.25, -0.2) is 9.18 Å². The van der Waals surface area contributed by atoms with E-state index in [9.17, 15) is 22.8 Å². The first-order valence-corrected chi connectivity index (χ1v) is 11.0. The van der Waals surface area contributed by atoms with Gasteiger partial charge in [-0.05, 0) is 39.7 Å². The van der Waals surface area contributed by atoms with Crippen LogP contribution < -0.4 is 15.7 Å². The number of amides is 1. The Balaban J connectivity index is 1.80. The standard InChI is InChI=1S/C22H24F4N6O3/c1-11-19(12(2)30(4)28-11)27-20(33)14-9-15(23)16(10-17(14)35-13(3)22(24,25)26)32-21(34)31-8-6-5-7-18(31)29-32/h9-10,13H,5-8H2,1-4H3,(H,27,33)/t13-/m0/s1. The molecule has 0 saturated carbocycles. The lowest BCUT2D eigenvalue weighted by atomic mass is 10.1. The Morgan fingerprint density at radius 1 is 1.20 bits per heavy atom. The van der Waals surface area contributed by atoms with Gasteiger partial charge in [-0.15, -0.1) is 5.10 Å². The lowest BCUT2D eigenvalue weighted by Gasteiger charge is -2.20. The molecule has 0 unspecified atom stereocenters. The highest BCUT2D eigenvalue weighted by atomic mass is 19.4. The molecule has 4 rings (SSSR count). The van der Waals surface area contributed by atoms with Crippen LogP contribution in [0.15, 0.2) is 16.9 Å². The number of carbonyl (C=O) groups excluding carboxylic acids is 1. The number of rotatable bonds is 5. The highest BCUT2D eigenvalue weighted by Crippen LogP contribution is 2.31. The summed E-state index contributed by atoms with van der Waals surface area (Å²) < 4.78 is 63.8. The third-order valence-electron chi connectivity index (χ3n) is 6.01. The zero-order valence-corrected chi connectivity index (χ0v) is 19.5. The molecule has 0 saturated heterocycles. The van der Waals surface area contributed by atoms with Crippen molar-refractivity contribution >= 4 is 11.6 Å². The Labute approximate surface area is 197 Å². The van der Waals surface area contributed by atoms with Crippen LogP contribution in [0.3, 0.4) is 0 Å². The van der Waals surface area contributed by atoms with Crippen LogP contribution in [-0.2, 0) is 20.0 Å². The molecule has 9 nitrogen and oxygen atoms in total. The molecule has 2 aromatic heterocycles. The zero-order valence-electron chi connectivity index (χ0n) is 19.5. The molecular formula is C22H24F4N6O3. The second-order valence-electron chi connectivity index (χ2n) is 8.44. The van der Waals surface area contributed by atoms with Gasteiger partial charge in [0.1, 0.15) is 23.1 Å². The molecule has 0 bridgehead atoms. The Bertz CT molecular complexity index is 1350. The van der Waals surface area contributed by atoms with E-state index in [0.29, 0.717) is 35.9 Å². The molecule has 3 heterocycles. The molecule has 0 spiro atoms. The van der Waals surface area contributed by atoms with Gasteiger partial charge in [0.05, 0.1) is 22.6 Å². The van der Waals surface area contributed by atoms with Crippen molar-refractivity contribution in [2.45, 2.75) is 58.9 Å². The van der Waals surface area contributed by atoms with Crippen LogP contribution in [0.4, 0.5) is 23.2 Å². The van der Waals surface area contributed by atoms with Crippen LogP contribution in [0.25, 0.3) is 5.69 Å². The average Bonchev–Trinajstić information content (AvgIpc) is 3.24. The first-order valence-electron chi connectivity index (χ1n) is 11.0. The largest absolute Gasteiger partial charge is 0.480 e. The lowest BCUT2D eigenvalue weighted by Crippen LogP contribution is -2.32. The van der Waals surface area contributed by atoms with E-state index in [2.05, 4.69) is 15.5 Å². The third-order valence-corrected chi connectivity index (χ3v) is 6.01. The SMILES string of the molecule is Cc1nn(C)c(C)c1NC(=O)c1cc(F)c(-n2nc3n(c2=O)CCCC3)cc1O[C@@H](C)C(F)(F)F. The Morgan fingerprint density at radius 2 is 1.91 bits per heavy atom. The van der Waals surface area contributed by atoms with Crippen molar-refractivity contribution in [3.63, 3.8) is 0 Å². The number of fused-ring (bicyclic) bond motifs is 1. The van der Waals surface area contributed by atoms with Crippen molar-refractivity contribution in [1.82, 2.24) is 24.1 Å². The van der Waals surface area contributed by atoms with E-state index in [1.807, 2.05) is 0 Å². The van der Waals surface area contributed by atoms with Crippen molar-refractivity contribution in [3.05, 3.63) is 51.2 Å². The average molecular weight is 496 g/mol. The maximum atomic E-state index is 15.2. The molecule has 1 N–H and O–H groups in total. The number of nitrogens with one attached hydrogen (secondary N) is 1. The summed E-state index contributed by atoms with van der Waals surface area (Å²) in [6.07, 6.45) is -4.97. The van der Waals surface area contributed by atoms with Crippen molar-refractivity contribution in [3.8, 4) is 11.4 Å². The summed E-state index contributed by atoms with van der Waals surface area (Å²) in [6, 6.07) is 1.64. The third kappa shape index (κ3) is 4.54. The Morgan fingerprint density at radius 3 is 2.51 bits per heavy atom. The van der Waals surface area contributed by atoms with Crippen LogP contribution in [0.1, 0.15) is 47.3 Å². The van der Waals surface area contributed by atoms with E-state index < -0.39 is 46.7 Å². The molecule has 13 heteroatoms. The second-order valence-corrected chi connectivity index (χ2v) is 8.44. The number of hydrogen-bond acceptors (Lipinski definition) is 5. The van der Waals surface area contributed by atoms with Gasteiger partial charge in [0, 0.05) is 26.1 Å². The summed E-state index contributed by atoms with van der Waals surface area (Å²) >= 11 is 0. The molecule has 1 atom stereocenters. The van der Waals surface area contributed by atoms with Gasteiger partial charge in [-0.1, -0.05) is 0 Å². The van der Waals surface area contributed by atoms with E-state index in [-0.39, 0.29) is 0 Å². The number of alkyl halides is 3. The molecule has 1 aliphatic heterocycles. The minimum Gasteiger partial charge on any atom is -0.480 e. The van der Waals surface area contributed by atoms with Gasteiger partial charge in [-0.3, -0.25) is 14.0 Å². The molecule has 188 valence electrons. The quantitative estimate of drug-likeness (QED) is 0.546. The minimum atomic E-state index is -4.75. The van der Waals surface area contributed by atoms with Gasteiger partial charge in [0.25, 0.3) is 5.91 Å². The van der Waals surface area contributed by atoms with E-state index in [1.165, 1.54) is 9.25 Å². The summed E-state index contributed by atoms with van der Waals surface area (Å²) in [5, 5.41) is 10.9. The van der Waals surface area contributed by atoms with E-state index in [4.69, 9.17) is 4.74 Å². The summed E-state index contributed by atoms with van der Waals surface area (Å²) in [5.74, 6) is -1.99. The van der Waals surface area contributed by atoms with E-state index in [0.717, 1.165) is 36.6 Å². The van der Waals surface area contributed by atoms with Crippen molar-refractivity contribution in [1.29, 1.82) is 0 Å². The number of aryl methyl sites for hydroxylation is 3. The van der Waals surface area contributed by atoms with E-state index >= 15 is 4.39 Å². The molecule has 3 aromatic rings. The Hall–Kier alpha value is -3.64. The molecule has 35 heavy (non-hydrogen) atoms. The second kappa shape index (κ2) is 8.86. The van der Waals surface area contributed by atoms with Crippen molar-refractivity contribution < 1.29 is 27.1 Å². The number of anilines is 1. The number of aromatic nitrogens is 5. The number of ether oxygens (including phenoxy) is 1. The fraction of sp³-hybridized carbons (Fsp3) is 0.455. The minimum absolute atomic E-state index is 0.342. The summed E-state index contributed by atoms with van der Waals surface area (Å²) in [6.45, 7) is 4.51. The molecule has 1 aromatic carbocycles. The van der Waals surface area contributed by atoms with Gasteiger partial charge < -0.3 is 10.1 Å². The molecule has 0 fully saturated rings. The number of nitrogens with zero attached hydrogens (tertiary/aromatic N) is 5. The fourth-order valence-corrected chi connectivity index (χ4v) is 3.93. The molecule has 0 aliphatic carbocycles. The molecule has 1 aliphatic rings. The normalized spacial score (nSPS) is 14.5. The van der Waals surface area contributed by atoms with Gasteiger partial charge >= 0.3 is 11.9 Å². The number of carbonyl (C=O) groups is 1. The number of hydrogen-bond donors (Lipinski definition) is 1. The molecule has 1 amide bonds. The zero-order chi connectivity index (χ0) is 25.7. The highest BCUT2D eigenvalue weighted by molar-refractivity contribution is 6.07. The van der Waals surface area contributed by atoms with Crippen LogP contribution in [0, 0.1) is 19.7 Å². The predicted octanol–water partition coefficient (Wildman–Crippen LogP) is 3.44. The van der Waals surface area contributed by atoms with Crippen LogP contribution in [-0.4, -0.2) is 42.3 Å². The first kappa shape index (κ1) is 24.5. The Kier molecular flexibility index (Phi) is 6.20. The predicted molar refractivity (Wildman–Crippen MR) is 118 cm³/mol. The molecular weight excluding hydrogens is 472 g/mol. The highest BCUT2D eigenvalue weighted by Gasteiger charge is 2.39. The van der Waals surface area contributed by atoms with Crippen LogP contribution in [0.2, 0.25) is 0 Å². The van der Waals surface area contributed by atoms with Gasteiger partial charge in [0.15, 0.2) is 6.10 Å². The summed E-state index contributed by atoms with van der Waals surface area (Å²) in [4.78, 5) is 25.8.